The zero-order valence-electron chi connectivity index (χ0n) is 18.4. The number of thiophene rings is 1. The van der Waals surface area contributed by atoms with E-state index >= 15 is 0 Å². The van der Waals surface area contributed by atoms with E-state index in [9.17, 15) is 9.59 Å². The normalized spacial score (nSPS) is 14.0. The second-order valence-corrected chi connectivity index (χ2v) is 10.0. The maximum atomic E-state index is 13.7. The third-order valence-corrected chi connectivity index (χ3v) is 8.06. The van der Waals surface area contributed by atoms with Crippen molar-refractivity contribution in [1.82, 2.24) is 14.5 Å². The lowest BCUT2D eigenvalue weighted by atomic mass is 10.1. The molecule has 0 spiro atoms. The van der Waals surface area contributed by atoms with Gasteiger partial charge in [0.05, 0.1) is 16.8 Å². The molecule has 5 nitrogen and oxygen atoms in total. The van der Waals surface area contributed by atoms with Crippen molar-refractivity contribution in [1.29, 1.82) is 0 Å². The number of amides is 1. The minimum atomic E-state index is -0.0403. The zero-order chi connectivity index (χ0) is 22.0. The number of aryl methyl sites for hydroxylation is 3. The molecular weight excluding hydrogens is 426 g/mol. The van der Waals surface area contributed by atoms with E-state index in [-0.39, 0.29) is 11.5 Å². The van der Waals surface area contributed by atoms with Gasteiger partial charge in [0, 0.05) is 18.0 Å². The molecule has 0 saturated carbocycles. The van der Waals surface area contributed by atoms with Gasteiger partial charge in [-0.15, -0.1) is 11.3 Å². The van der Waals surface area contributed by atoms with Gasteiger partial charge in [-0.2, -0.15) is 0 Å². The zero-order valence-corrected chi connectivity index (χ0v) is 20.1. The molecule has 1 aliphatic rings. The Morgan fingerprint density at radius 3 is 2.52 bits per heavy atom. The van der Waals surface area contributed by atoms with Gasteiger partial charge in [-0.25, -0.2) is 4.98 Å². The fourth-order valence-corrected chi connectivity index (χ4v) is 6.30. The molecule has 164 valence electrons. The van der Waals surface area contributed by atoms with Gasteiger partial charge in [0.15, 0.2) is 5.16 Å². The van der Waals surface area contributed by atoms with Gasteiger partial charge in [-0.05, 0) is 55.9 Å². The summed E-state index contributed by atoms with van der Waals surface area (Å²) in [5, 5.41) is 1.31. The fraction of sp³-hybridized carbons (Fsp3) is 0.458. The van der Waals surface area contributed by atoms with Gasteiger partial charge in [0.2, 0.25) is 5.91 Å². The summed E-state index contributed by atoms with van der Waals surface area (Å²) in [6.07, 6.45) is 5.08. The van der Waals surface area contributed by atoms with Gasteiger partial charge in [0.1, 0.15) is 4.83 Å². The average Bonchev–Trinajstić information content (AvgIpc) is 3.42. The monoisotopic (exact) mass is 455 g/mol. The maximum Gasteiger partial charge on any atom is 0.267 e. The molecule has 1 aromatic carbocycles. The van der Waals surface area contributed by atoms with Crippen molar-refractivity contribution in [3.63, 3.8) is 0 Å². The van der Waals surface area contributed by atoms with Crippen LogP contribution < -0.4 is 5.56 Å². The molecule has 3 heterocycles. The Hall–Kier alpha value is -2.12. The fourth-order valence-electron chi connectivity index (χ4n) is 4.07. The molecule has 0 N–H and O–H groups in total. The van der Waals surface area contributed by atoms with Crippen LogP contribution in [0.4, 0.5) is 0 Å². The molecule has 7 heteroatoms. The highest BCUT2D eigenvalue weighted by molar-refractivity contribution is 7.99. The molecule has 0 atom stereocenters. The van der Waals surface area contributed by atoms with Crippen LogP contribution in [0, 0.1) is 6.92 Å². The number of likely N-dealkylation sites (tertiary alicyclic amines) is 1. The summed E-state index contributed by atoms with van der Waals surface area (Å²) >= 11 is 2.98. The summed E-state index contributed by atoms with van der Waals surface area (Å²) in [6, 6.07) is 8.07. The van der Waals surface area contributed by atoms with Crippen molar-refractivity contribution in [2.75, 3.05) is 18.8 Å². The summed E-state index contributed by atoms with van der Waals surface area (Å²) in [5.74, 6) is 0.427. The lowest BCUT2D eigenvalue weighted by Gasteiger charge is -2.16. The number of hydrogen-bond acceptors (Lipinski definition) is 5. The molecule has 4 rings (SSSR count). The van der Waals surface area contributed by atoms with E-state index in [0.717, 1.165) is 61.3 Å². The molecule has 1 fully saturated rings. The Morgan fingerprint density at radius 2 is 1.87 bits per heavy atom. The average molecular weight is 456 g/mol. The largest absolute Gasteiger partial charge is 0.342 e. The van der Waals surface area contributed by atoms with Crippen LogP contribution in [0.25, 0.3) is 15.9 Å². The van der Waals surface area contributed by atoms with Crippen LogP contribution in [0.5, 0.6) is 0 Å². The number of rotatable bonds is 7. The number of hydrogen-bond donors (Lipinski definition) is 0. The number of carbonyl (C=O) groups is 1. The van der Waals surface area contributed by atoms with Crippen molar-refractivity contribution in [2.45, 2.75) is 58.0 Å². The number of carbonyl (C=O) groups excluding carboxylic acids is 1. The predicted molar refractivity (Wildman–Crippen MR) is 130 cm³/mol. The third-order valence-electron chi connectivity index (χ3n) is 5.90. The molecule has 0 aliphatic carbocycles. The molecule has 3 aromatic rings. The summed E-state index contributed by atoms with van der Waals surface area (Å²) in [4.78, 5) is 35.1. The molecular formula is C24H29N3O2S2. The second kappa shape index (κ2) is 9.57. The Bertz CT molecular complexity index is 1140. The molecule has 0 radical (unpaired) electrons. The van der Waals surface area contributed by atoms with Crippen molar-refractivity contribution in [2.24, 2.45) is 0 Å². The summed E-state index contributed by atoms with van der Waals surface area (Å²) in [5.41, 5.74) is 3.03. The lowest BCUT2D eigenvalue weighted by Crippen LogP contribution is -2.29. The van der Waals surface area contributed by atoms with Crippen LogP contribution in [0.1, 0.15) is 49.1 Å². The van der Waals surface area contributed by atoms with Crippen LogP contribution in [0.15, 0.2) is 34.2 Å². The van der Waals surface area contributed by atoms with Crippen LogP contribution >= 0.6 is 23.1 Å². The van der Waals surface area contributed by atoms with Gasteiger partial charge in [0.25, 0.3) is 5.56 Å². The molecule has 2 aromatic heterocycles. The van der Waals surface area contributed by atoms with E-state index in [0.29, 0.717) is 16.3 Å². The lowest BCUT2D eigenvalue weighted by molar-refractivity contribution is -0.127. The van der Waals surface area contributed by atoms with E-state index in [1.807, 2.05) is 24.0 Å². The van der Waals surface area contributed by atoms with Gasteiger partial charge >= 0.3 is 0 Å². The van der Waals surface area contributed by atoms with Crippen molar-refractivity contribution >= 4 is 39.2 Å². The first kappa shape index (κ1) is 22.1. The van der Waals surface area contributed by atoms with Crippen molar-refractivity contribution < 1.29 is 4.79 Å². The highest BCUT2D eigenvalue weighted by Gasteiger charge is 2.22. The van der Waals surface area contributed by atoms with E-state index in [1.165, 1.54) is 22.2 Å². The molecule has 31 heavy (non-hydrogen) atoms. The van der Waals surface area contributed by atoms with Crippen molar-refractivity contribution in [3.05, 3.63) is 50.6 Å². The third kappa shape index (κ3) is 4.44. The standard InChI is InChI=1S/C24H29N3O2S2/c1-4-8-19-16(3)21-22(31-19)25-24(30-15-20(28)26-13-6-7-14-26)27(23(21)29)18-11-9-17(5-2)10-12-18/h9-12H,4-8,13-15H2,1-3H3. The minimum Gasteiger partial charge on any atom is -0.342 e. The number of nitrogens with zero attached hydrogens (tertiary/aromatic N) is 3. The Kier molecular flexibility index (Phi) is 6.82. The van der Waals surface area contributed by atoms with Crippen LogP contribution in [-0.4, -0.2) is 39.2 Å². The van der Waals surface area contributed by atoms with Crippen LogP contribution in [0.3, 0.4) is 0 Å². The van der Waals surface area contributed by atoms with Gasteiger partial charge in [-0.1, -0.05) is 44.2 Å². The number of fused-ring (bicyclic) bond motifs is 1. The quantitative estimate of drug-likeness (QED) is 0.372. The van der Waals surface area contributed by atoms with Gasteiger partial charge in [-0.3, -0.25) is 14.2 Å². The van der Waals surface area contributed by atoms with E-state index < -0.39 is 0 Å². The molecule has 1 saturated heterocycles. The number of thioether (sulfide) groups is 1. The molecule has 0 bridgehead atoms. The predicted octanol–water partition coefficient (Wildman–Crippen LogP) is 4.99. The van der Waals surface area contributed by atoms with Crippen molar-refractivity contribution in [3.8, 4) is 5.69 Å². The number of aromatic nitrogens is 2. The molecule has 1 aliphatic heterocycles. The summed E-state index contributed by atoms with van der Waals surface area (Å²) in [6.45, 7) is 7.96. The summed E-state index contributed by atoms with van der Waals surface area (Å²) in [7, 11) is 0. The SMILES string of the molecule is CCCc1sc2nc(SCC(=O)N3CCCC3)n(-c3ccc(CC)cc3)c(=O)c2c1C. The van der Waals surface area contributed by atoms with Crippen LogP contribution in [0.2, 0.25) is 0 Å². The highest BCUT2D eigenvalue weighted by atomic mass is 32.2. The summed E-state index contributed by atoms with van der Waals surface area (Å²) < 4.78 is 1.69. The Morgan fingerprint density at radius 1 is 1.16 bits per heavy atom. The Balaban J connectivity index is 1.79. The smallest absolute Gasteiger partial charge is 0.267 e. The highest BCUT2D eigenvalue weighted by Crippen LogP contribution is 2.31. The van der Waals surface area contributed by atoms with E-state index in [4.69, 9.17) is 4.98 Å². The first-order valence-electron chi connectivity index (χ1n) is 11.1. The molecule has 0 unspecified atom stereocenters. The number of benzene rings is 1. The second-order valence-electron chi connectivity index (χ2n) is 8.01. The topological polar surface area (TPSA) is 55.2 Å². The van der Waals surface area contributed by atoms with Gasteiger partial charge < -0.3 is 4.90 Å². The van der Waals surface area contributed by atoms with Crippen LogP contribution in [-0.2, 0) is 17.6 Å². The van der Waals surface area contributed by atoms with E-state index in [1.54, 1.807) is 15.9 Å². The first-order valence-corrected chi connectivity index (χ1v) is 12.9. The first-order chi connectivity index (χ1) is 15.0. The maximum absolute atomic E-state index is 13.7. The minimum absolute atomic E-state index is 0.0403. The Labute approximate surface area is 191 Å². The molecule has 1 amide bonds. The van der Waals surface area contributed by atoms with E-state index in [2.05, 4.69) is 26.0 Å².